The number of nitrogens with zero attached hydrogens (tertiary/aromatic N) is 3. The summed E-state index contributed by atoms with van der Waals surface area (Å²) >= 11 is 1.58. The van der Waals surface area contributed by atoms with Crippen LogP contribution in [0.15, 0.2) is 28.7 Å². The van der Waals surface area contributed by atoms with E-state index in [4.69, 9.17) is 4.99 Å². The summed E-state index contributed by atoms with van der Waals surface area (Å²) in [6.45, 7) is 4.00. The van der Waals surface area contributed by atoms with Gasteiger partial charge in [0.15, 0.2) is 0 Å². The Morgan fingerprint density at radius 3 is 2.83 bits per heavy atom. The molecule has 5 heteroatoms. The SMILES string of the molecule is Cc1ccn(C(=O)Cc2csc(C)n2)c(=NC2CCCCC2)c1. The molecule has 0 spiro atoms. The Kier molecular flexibility index (Phi) is 5.06. The first kappa shape index (κ1) is 16.1. The van der Waals surface area contributed by atoms with Crippen LogP contribution in [-0.4, -0.2) is 21.5 Å². The Bertz CT molecular complexity index is 754. The number of rotatable bonds is 3. The lowest BCUT2D eigenvalue weighted by Gasteiger charge is -2.18. The Hall–Kier alpha value is -1.75. The van der Waals surface area contributed by atoms with Crippen LogP contribution in [0.1, 0.15) is 53.2 Å². The van der Waals surface area contributed by atoms with E-state index in [1.54, 1.807) is 15.9 Å². The van der Waals surface area contributed by atoms with Crippen LogP contribution in [0.4, 0.5) is 0 Å². The number of aromatic nitrogens is 2. The Morgan fingerprint density at radius 2 is 2.13 bits per heavy atom. The van der Waals surface area contributed by atoms with Gasteiger partial charge in [-0.3, -0.25) is 14.4 Å². The van der Waals surface area contributed by atoms with E-state index in [2.05, 4.69) is 4.98 Å². The maximum absolute atomic E-state index is 12.7. The molecule has 23 heavy (non-hydrogen) atoms. The van der Waals surface area contributed by atoms with Crippen molar-refractivity contribution in [2.24, 2.45) is 4.99 Å². The van der Waals surface area contributed by atoms with E-state index in [1.807, 2.05) is 37.6 Å². The van der Waals surface area contributed by atoms with Crippen LogP contribution in [0.25, 0.3) is 0 Å². The Morgan fingerprint density at radius 1 is 1.35 bits per heavy atom. The highest BCUT2D eigenvalue weighted by molar-refractivity contribution is 7.09. The highest BCUT2D eigenvalue weighted by Gasteiger charge is 2.14. The number of thiazole rings is 1. The third-order valence-electron chi connectivity index (χ3n) is 4.25. The van der Waals surface area contributed by atoms with Gasteiger partial charge in [-0.05, 0) is 44.4 Å². The van der Waals surface area contributed by atoms with Crippen LogP contribution in [-0.2, 0) is 6.42 Å². The van der Waals surface area contributed by atoms with E-state index < -0.39 is 0 Å². The molecular formula is C18H23N3OS. The molecule has 0 unspecified atom stereocenters. The minimum Gasteiger partial charge on any atom is -0.274 e. The van der Waals surface area contributed by atoms with Crippen LogP contribution >= 0.6 is 11.3 Å². The van der Waals surface area contributed by atoms with Gasteiger partial charge in [-0.1, -0.05) is 19.3 Å². The van der Waals surface area contributed by atoms with Crippen molar-refractivity contribution >= 4 is 17.2 Å². The molecular weight excluding hydrogens is 306 g/mol. The summed E-state index contributed by atoms with van der Waals surface area (Å²) in [6.07, 6.45) is 8.23. The third kappa shape index (κ3) is 4.16. The predicted molar refractivity (Wildman–Crippen MR) is 92.8 cm³/mol. The van der Waals surface area contributed by atoms with Gasteiger partial charge in [0.05, 0.1) is 23.2 Å². The molecule has 4 nitrogen and oxygen atoms in total. The highest BCUT2D eigenvalue weighted by Crippen LogP contribution is 2.19. The fourth-order valence-electron chi connectivity index (χ4n) is 3.03. The van der Waals surface area contributed by atoms with E-state index >= 15 is 0 Å². The monoisotopic (exact) mass is 329 g/mol. The molecule has 2 aromatic rings. The normalized spacial score (nSPS) is 16.7. The zero-order valence-corrected chi connectivity index (χ0v) is 14.6. The van der Waals surface area contributed by atoms with E-state index in [9.17, 15) is 4.79 Å². The molecule has 0 saturated heterocycles. The van der Waals surface area contributed by atoms with Gasteiger partial charge in [0, 0.05) is 11.6 Å². The Labute approximate surface area is 140 Å². The number of carbonyl (C=O) groups is 1. The van der Waals surface area contributed by atoms with E-state index in [-0.39, 0.29) is 5.91 Å². The number of hydrogen-bond acceptors (Lipinski definition) is 4. The summed E-state index contributed by atoms with van der Waals surface area (Å²) in [5, 5.41) is 2.95. The van der Waals surface area contributed by atoms with Crippen LogP contribution in [0, 0.1) is 13.8 Å². The van der Waals surface area contributed by atoms with E-state index in [0.717, 1.165) is 34.6 Å². The first-order chi connectivity index (χ1) is 11.1. The second-order valence-electron chi connectivity index (χ2n) is 6.28. The molecule has 2 aromatic heterocycles. The summed E-state index contributed by atoms with van der Waals surface area (Å²) in [5.41, 5.74) is 2.76. The average Bonchev–Trinajstić information content (AvgIpc) is 2.93. The van der Waals surface area contributed by atoms with Gasteiger partial charge in [-0.25, -0.2) is 4.98 Å². The second-order valence-corrected chi connectivity index (χ2v) is 7.34. The maximum atomic E-state index is 12.7. The number of hydrogen-bond donors (Lipinski definition) is 0. The van der Waals surface area contributed by atoms with Gasteiger partial charge >= 0.3 is 0 Å². The number of aryl methyl sites for hydroxylation is 2. The van der Waals surface area contributed by atoms with Crippen LogP contribution in [0.2, 0.25) is 0 Å². The second kappa shape index (κ2) is 7.21. The molecule has 0 N–H and O–H groups in total. The first-order valence-electron chi connectivity index (χ1n) is 8.29. The topological polar surface area (TPSA) is 47.2 Å². The fourth-order valence-corrected chi connectivity index (χ4v) is 3.64. The molecule has 1 aliphatic carbocycles. The standard InChI is InChI=1S/C18H23N3OS/c1-13-8-9-21(18(22)11-16-12-23-14(2)19-16)17(10-13)20-15-6-4-3-5-7-15/h8-10,12,15H,3-7,11H2,1-2H3. The molecule has 3 rings (SSSR count). The lowest BCUT2D eigenvalue weighted by Crippen LogP contribution is -2.30. The molecule has 0 aromatic carbocycles. The molecule has 122 valence electrons. The quantitative estimate of drug-likeness (QED) is 0.862. The van der Waals surface area contributed by atoms with Gasteiger partial charge in [0.1, 0.15) is 5.49 Å². The minimum absolute atomic E-state index is 0.0323. The molecule has 0 radical (unpaired) electrons. The van der Waals surface area contributed by atoms with E-state index in [0.29, 0.717) is 12.5 Å². The first-order valence-corrected chi connectivity index (χ1v) is 9.17. The zero-order chi connectivity index (χ0) is 16.2. The van der Waals surface area contributed by atoms with Crippen LogP contribution in [0.3, 0.4) is 0 Å². The van der Waals surface area contributed by atoms with Gasteiger partial charge in [-0.15, -0.1) is 11.3 Å². The summed E-state index contributed by atoms with van der Waals surface area (Å²) < 4.78 is 1.69. The van der Waals surface area contributed by atoms with Gasteiger partial charge in [-0.2, -0.15) is 0 Å². The lowest BCUT2D eigenvalue weighted by molar-refractivity contribution is 0.0907. The van der Waals surface area contributed by atoms with Crippen molar-refractivity contribution in [1.82, 2.24) is 9.55 Å². The van der Waals surface area contributed by atoms with Crippen molar-refractivity contribution in [2.75, 3.05) is 0 Å². The minimum atomic E-state index is 0.0323. The lowest BCUT2D eigenvalue weighted by atomic mass is 9.96. The molecule has 1 fully saturated rings. The van der Waals surface area contributed by atoms with Crippen LogP contribution < -0.4 is 5.49 Å². The number of pyridine rings is 1. The largest absolute Gasteiger partial charge is 0.274 e. The van der Waals surface area contributed by atoms with Crippen molar-refractivity contribution in [3.8, 4) is 0 Å². The molecule has 0 bridgehead atoms. The predicted octanol–water partition coefficient (Wildman–Crippen LogP) is 3.68. The van der Waals surface area contributed by atoms with Gasteiger partial charge in [0.25, 0.3) is 0 Å². The smallest absolute Gasteiger partial charge is 0.238 e. The summed E-state index contributed by atoms with van der Waals surface area (Å²) in [6, 6.07) is 4.33. The molecule has 0 amide bonds. The number of carbonyl (C=O) groups excluding carboxylic acids is 1. The molecule has 0 atom stereocenters. The molecule has 1 saturated carbocycles. The van der Waals surface area contributed by atoms with E-state index in [1.165, 1.54) is 19.3 Å². The van der Waals surface area contributed by atoms with Crippen molar-refractivity contribution < 1.29 is 4.79 Å². The summed E-state index contributed by atoms with van der Waals surface area (Å²) in [4.78, 5) is 21.9. The van der Waals surface area contributed by atoms with Crippen molar-refractivity contribution in [3.63, 3.8) is 0 Å². The van der Waals surface area contributed by atoms with Crippen LogP contribution in [0.5, 0.6) is 0 Å². The molecule has 0 aliphatic heterocycles. The van der Waals surface area contributed by atoms with Crippen molar-refractivity contribution in [3.05, 3.63) is 45.5 Å². The zero-order valence-electron chi connectivity index (χ0n) is 13.8. The van der Waals surface area contributed by atoms with Gasteiger partial charge in [0.2, 0.25) is 5.91 Å². The molecule has 1 aliphatic rings. The summed E-state index contributed by atoms with van der Waals surface area (Å²) in [7, 11) is 0. The molecule has 2 heterocycles. The third-order valence-corrected chi connectivity index (χ3v) is 5.07. The van der Waals surface area contributed by atoms with Gasteiger partial charge < -0.3 is 0 Å². The van der Waals surface area contributed by atoms with Crippen molar-refractivity contribution in [1.29, 1.82) is 0 Å². The Balaban J connectivity index is 1.88. The van der Waals surface area contributed by atoms with Crippen molar-refractivity contribution in [2.45, 2.75) is 58.4 Å². The fraction of sp³-hybridized carbons (Fsp3) is 0.500. The maximum Gasteiger partial charge on any atom is 0.238 e. The average molecular weight is 329 g/mol. The summed E-state index contributed by atoms with van der Waals surface area (Å²) in [5.74, 6) is 0.0323. The highest BCUT2D eigenvalue weighted by atomic mass is 32.1.